The first-order valence-electron chi connectivity index (χ1n) is 13.5. The Bertz CT molecular complexity index is 1280. The molecule has 2 aromatic carbocycles. The smallest absolute Gasteiger partial charge is 0.315 e. The van der Waals surface area contributed by atoms with Crippen LogP contribution in [0.15, 0.2) is 70.9 Å². The highest BCUT2D eigenvalue weighted by Gasteiger charge is 2.41. The number of amides is 1. The number of nitrogens with one attached hydrogen (secondary N) is 1. The standard InChI is InChI=1S/C16H19N5O.C13H16N4O2/c1-2-10-18-15(22)16(19-20-17)8-11-21(12-9-16)13-14-6-4-3-5-7-14;14-16-15-13(12(18)19)6-8-17(9-7-13)10-11-4-2-1-3-5-11/h1,3-7H,8-13H2,(H,18,22);1-5H,6-10H2,(H,18,19). The molecule has 0 radical (unpaired) electrons. The Labute approximate surface area is 239 Å². The molecule has 0 aliphatic carbocycles. The predicted octanol–water partition coefficient (Wildman–Crippen LogP) is 4.50. The van der Waals surface area contributed by atoms with E-state index in [1.807, 2.05) is 48.5 Å². The van der Waals surface area contributed by atoms with Crippen molar-refractivity contribution in [2.24, 2.45) is 10.2 Å². The molecule has 4 rings (SSSR count). The number of carbonyl (C=O) groups excluding carboxylic acids is 1. The number of hydrogen-bond donors (Lipinski definition) is 2. The molecule has 2 fully saturated rings. The maximum absolute atomic E-state index is 12.2. The molecular weight excluding hydrogens is 522 g/mol. The number of nitrogens with zero attached hydrogens (tertiary/aromatic N) is 8. The van der Waals surface area contributed by atoms with Gasteiger partial charge in [-0.2, -0.15) is 0 Å². The molecule has 2 N–H and O–H groups in total. The van der Waals surface area contributed by atoms with Crippen molar-refractivity contribution in [2.45, 2.75) is 49.9 Å². The van der Waals surface area contributed by atoms with E-state index in [0.717, 1.165) is 13.1 Å². The Morgan fingerprint density at radius 1 is 0.829 bits per heavy atom. The second-order valence-corrected chi connectivity index (χ2v) is 10.2. The zero-order valence-electron chi connectivity index (χ0n) is 23.0. The van der Waals surface area contributed by atoms with Gasteiger partial charge >= 0.3 is 5.97 Å². The van der Waals surface area contributed by atoms with Crippen molar-refractivity contribution in [1.82, 2.24) is 15.1 Å². The van der Waals surface area contributed by atoms with E-state index < -0.39 is 17.0 Å². The molecule has 12 heteroatoms. The lowest BCUT2D eigenvalue weighted by Gasteiger charge is -2.37. The first-order chi connectivity index (χ1) is 19.9. The van der Waals surface area contributed by atoms with Gasteiger partial charge in [-0.05, 0) is 74.1 Å². The van der Waals surface area contributed by atoms with Gasteiger partial charge in [0.25, 0.3) is 0 Å². The summed E-state index contributed by atoms with van der Waals surface area (Å²) in [5, 5.41) is 19.1. The number of rotatable bonds is 9. The molecule has 0 spiro atoms. The van der Waals surface area contributed by atoms with Crippen molar-refractivity contribution >= 4 is 11.9 Å². The number of benzene rings is 2. The van der Waals surface area contributed by atoms with E-state index in [0.29, 0.717) is 51.9 Å². The zero-order valence-corrected chi connectivity index (χ0v) is 23.0. The van der Waals surface area contributed by atoms with E-state index in [1.165, 1.54) is 11.1 Å². The third-order valence-electron chi connectivity index (χ3n) is 7.51. The van der Waals surface area contributed by atoms with Crippen LogP contribution in [0.3, 0.4) is 0 Å². The summed E-state index contributed by atoms with van der Waals surface area (Å²) in [6.45, 7) is 4.44. The van der Waals surface area contributed by atoms with Crippen LogP contribution in [-0.2, 0) is 22.7 Å². The predicted molar refractivity (Wildman–Crippen MR) is 155 cm³/mol. The molecule has 214 valence electrons. The Morgan fingerprint density at radius 2 is 1.24 bits per heavy atom. The van der Waals surface area contributed by atoms with Crippen LogP contribution in [-0.4, -0.2) is 70.6 Å². The molecule has 2 heterocycles. The average molecular weight is 558 g/mol. The van der Waals surface area contributed by atoms with E-state index >= 15 is 0 Å². The molecule has 1 amide bonds. The van der Waals surface area contributed by atoms with Gasteiger partial charge in [-0.25, -0.2) is 0 Å². The number of hydrogen-bond acceptors (Lipinski definition) is 6. The summed E-state index contributed by atoms with van der Waals surface area (Å²) in [5.74, 6) is 1.06. The lowest BCUT2D eigenvalue weighted by Crippen LogP contribution is -2.52. The van der Waals surface area contributed by atoms with Gasteiger partial charge in [-0.1, -0.05) is 76.8 Å². The summed E-state index contributed by atoms with van der Waals surface area (Å²) in [4.78, 5) is 33.5. The van der Waals surface area contributed by atoms with Gasteiger partial charge in [0.15, 0.2) is 0 Å². The number of carboxylic acid groups (broad SMARTS) is 1. The maximum atomic E-state index is 12.2. The third-order valence-corrected chi connectivity index (χ3v) is 7.51. The Morgan fingerprint density at radius 3 is 1.63 bits per heavy atom. The van der Waals surface area contributed by atoms with Crippen LogP contribution in [0.5, 0.6) is 0 Å². The van der Waals surface area contributed by atoms with Crippen LogP contribution in [0.2, 0.25) is 0 Å². The Balaban J connectivity index is 0.000000228. The number of aliphatic carboxylic acids is 1. The third kappa shape index (κ3) is 8.73. The highest BCUT2D eigenvalue weighted by Crippen LogP contribution is 2.29. The van der Waals surface area contributed by atoms with E-state index in [9.17, 15) is 14.7 Å². The fraction of sp³-hybridized carbons (Fsp3) is 0.448. The van der Waals surface area contributed by atoms with Crippen molar-refractivity contribution in [1.29, 1.82) is 0 Å². The summed E-state index contributed by atoms with van der Waals surface area (Å²) in [6, 6.07) is 20.2. The SMILES string of the molecule is C#CCNC(=O)C1(N=[N+]=[N-])CCN(Cc2ccccc2)CC1.[N-]=[N+]=NC1(C(=O)O)CCN(Cc2ccccc2)CC1. The second-order valence-electron chi connectivity index (χ2n) is 10.2. The van der Waals surface area contributed by atoms with Crippen LogP contribution in [0.1, 0.15) is 36.8 Å². The van der Waals surface area contributed by atoms with Gasteiger partial charge < -0.3 is 10.4 Å². The number of piperidine rings is 2. The number of carboxylic acids is 1. The number of azide groups is 2. The quantitative estimate of drug-likeness (QED) is 0.200. The molecule has 2 saturated heterocycles. The van der Waals surface area contributed by atoms with Crippen LogP contribution in [0, 0.1) is 12.3 Å². The number of carbonyl (C=O) groups is 2. The summed E-state index contributed by atoms with van der Waals surface area (Å²) < 4.78 is 0. The van der Waals surface area contributed by atoms with E-state index in [-0.39, 0.29) is 12.5 Å². The minimum absolute atomic E-state index is 0.148. The summed E-state index contributed by atoms with van der Waals surface area (Å²) >= 11 is 0. The fourth-order valence-corrected chi connectivity index (χ4v) is 5.04. The average Bonchev–Trinajstić information content (AvgIpc) is 2.99. The van der Waals surface area contributed by atoms with Gasteiger partial charge in [0.05, 0.1) is 6.54 Å². The topological polar surface area (TPSA) is 170 Å². The molecule has 2 aromatic rings. The molecular formula is C29H35N9O3. The van der Waals surface area contributed by atoms with Crippen LogP contribution >= 0.6 is 0 Å². The van der Waals surface area contributed by atoms with Gasteiger partial charge in [0, 0.05) is 22.9 Å². The Hall–Kier alpha value is -4.52. The maximum Gasteiger partial charge on any atom is 0.315 e. The normalized spacial score (nSPS) is 17.7. The van der Waals surface area contributed by atoms with Gasteiger partial charge in [0.1, 0.15) is 11.1 Å². The van der Waals surface area contributed by atoms with Crippen molar-refractivity contribution in [3.05, 3.63) is 92.7 Å². The lowest BCUT2D eigenvalue weighted by atomic mass is 9.87. The van der Waals surface area contributed by atoms with E-state index in [1.54, 1.807) is 0 Å². The molecule has 2 aliphatic rings. The van der Waals surface area contributed by atoms with Gasteiger partial charge in [0.2, 0.25) is 5.91 Å². The second kappa shape index (κ2) is 15.3. The molecule has 0 bridgehead atoms. The van der Waals surface area contributed by atoms with Crippen LogP contribution < -0.4 is 5.32 Å². The highest BCUT2D eigenvalue weighted by molar-refractivity contribution is 5.86. The first kappa shape index (κ1) is 31.0. The fourth-order valence-electron chi connectivity index (χ4n) is 5.04. The number of terminal acetylenes is 1. The molecule has 0 atom stereocenters. The molecule has 0 saturated carbocycles. The van der Waals surface area contributed by atoms with E-state index in [4.69, 9.17) is 17.5 Å². The number of likely N-dealkylation sites (tertiary alicyclic amines) is 2. The summed E-state index contributed by atoms with van der Waals surface area (Å²) in [6.07, 6.45) is 6.88. The lowest BCUT2D eigenvalue weighted by molar-refractivity contribution is -0.145. The zero-order chi connectivity index (χ0) is 29.6. The molecule has 2 aliphatic heterocycles. The van der Waals surface area contributed by atoms with Crippen molar-refractivity contribution in [3.63, 3.8) is 0 Å². The summed E-state index contributed by atoms with van der Waals surface area (Å²) in [7, 11) is 0. The van der Waals surface area contributed by atoms with Gasteiger partial charge in [-0.15, -0.1) is 6.42 Å². The van der Waals surface area contributed by atoms with Crippen molar-refractivity contribution in [2.75, 3.05) is 32.7 Å². The molecule has 0 aromatic heterocycles. The van der Waals surface area contributed by atoms with Gasteiger partial charge in [-0.3, -0.25) is 19.4 Å². The minimum Gasteiger partial charge on any atom is -0.481 e. The summed E-state index contributed by atoms with van der Waals surface area (Å²) in [5.41, 5.74) is 17.5. The largest absolute Gasteiger partial charge is 0.481 e. The molecule has 41 heavy (non-hydrogen) atoms. The van der Waals surface area contributed by atoms with Crippen LogP contribution in [0.4, 0.5) is 0 Å². The molecule has 0 unspecified atom stereocenters. The monoisotopic (exact) mass is 557 g/mol. The van der Waals surface area contributed by atoms with Crippen molar-refractivity contribution in [3.8, 4) is 12.3 Å². The van der Waals surface area contributed by atoms with E-state index in [2.05, 4.69) is 53.2 Å². The first-order valence-corrected chi connectivity index (χ1v) is 13.5. The van der Waals surface area contributed by atoms with Crippen LogP contribution in [0.25, 0.3) is 20.9 Å². The minimum atomic E-state index is -1.26. The van der Waals surface area contributed by atoms with Crippen molar-refractivity contribution < 1.29 is 14.7 Å². The molecule has 12 nitrogen and oxygen atoms in total. The Kier molecular flexibility index (Phi) is 11.6. The highest BCUT2D eigenvalue weighted by atomic mass is 16.4.